The van der Waals surface area contributed by atoms with Gasteiger partial charge in [-0.15, -0.1) is 0 Å². The molecule has 4 aromatic rings. The summed E-state index contributed by atoms with van der Waals surface area (Å²) in [7, 11) is 1.64. The number of amides is 1. The van der Waals surface area contributed by atoms with E-state index >= 15 is 0 Å². The van der Waals surface area contributed by atoms with Gasteiger partial charge in [-0.1, -0.05) is 18.2 Å². The van der Waals surface area contributed by atoms with Crippen LogP contribution in [0.1, 0.15) is 16.1 Å². The molecule has 2 N–H and O–H groups in total. The number of fused-ring (bicyclic) bond motifs is 1. The molecule has 0 saturated heterocycles. The third kappa shape index (κ3) is 3.22. The van der Waals surface area contributed by atoms with Crippen LogP contribution < -0.4 is 5.32 Å². The van der Waals surface area contributed by atoms with Gasteiger partial charge in [-0.2, -0.15) is 18.3 Å². The number of halogens is 3. The molecule has 0 radical (unpaired) electrons. The molecule has 3 heterocycles. The van der Waals surface area contributed by atoms with Gasteiger partial charge in [-0.05, 0) is 24.3 Å². The molecule has 6 nitrogen and oxygen atoms in total. The van der Waals surface area contributed by atoms with Crippen molar-refractivity contribution < 1.29 is 18.0 Å². The van der Waals surface area contributed by atoms with Crippen molar-refractivity contribution in [2.24, 2.45) is 7.05 Å². The van der Waals surface area contributed by atoms with Crippen LogP contribution in [-0.4, -0.2) is 25.7 Å². The van der Waals surface area contributed by atoms with E-state index in [1.807, 2.05) is 0 Å². The lowest BCUT2D eigenvalue weighted by molar-refractivity contribution is -0.137. The van der Waals surface area contributed by atoms with Crippen molar-refractivity contribution in [3.05, 3.63) is 66.1 Å². The first-order chi connectivity index (χ1) is 13.3. The lowest BCUT2D eigenvalue weighted by Crippen LogP contribution is -2.16. The fraction of sp³-hybridized carbons (Fsp3) is 0.105. The fourth-order valence-corrected chi connectivity index (χ4v) is 2.98. The number of aromatic amines is 1. The van der Waals surface area contributed by atoms with Crippen molar-refractivity contribution in [3.63, 3.8) is 0 Å². The molecule has 0 aliphatic rings. The van der Waals surface area contributed by atoms with Crippen molar-refractivity contribution in [1.29, 1.82) is 0 Å². The Morgan fingerprint density at radius 3 is 2.68 bits per heavy atom. The first-order valence-corrected chi connectivity index (χ1v) is 8.27. The number of rotatable bonds is 3. The smallest absolute Gasteiger partial charge is 0.353 e. The summed E-state index contributed by atoms with van der Waals surface area (Å²) in [5, 5.41) is 6.64. The molecule has 0 aliphatic carbocycles. The van der Waals surface area contributed by atoms with Gasteiger partial charge >= 0.3 is 6.18 Å². The third-order valence-corrected chi connectivity index (χ3v) is 4.30. The Morgan fingerprint density at radius 2 is 1.96 bits per heavy atom. The molecule has 4 rings (SSSR count). The van der Waals surface area contributed by atoms with Crippen molar-refractivity contribution in [1.82, 2.24) is 19.7 Å². The molecule has 9 heteroatoms. The Bertz CT molecular complexity index is 1180. The van der Waals surface area contributed by atoms with Gasteiger partial charge in [0.2, 0.25) is 0 Å². The number of aryl methyl sites for hydroxylation is 1. The molecule has 0 bridgehead atoms. The minimum atomic E-state index is -4.47. The summed E-state index contributed by atoms with van der Waals surface area (Å²) in [4.78, 5) is 19.5. The van der Waals surface area contributed by atoms with Gasteiger partial charge in [0.1, 0.15) is 5.69 Å². The van der Waals surface area contributed by atoms with Crippen LogP contribution >= 0.6 is 0 Å². The zero-order valence-corrected chi connectivity index (χ0v) is 14.6. The number of anilines is 1. The maximum atomic E-state index is 13.3. The maximum Gasteiger partial charge on any atom is 0.417 e. The number of benzene rings is 1. The number of hydrogen-bond donors (Lipinski definition) is 2. The van der Waals surface area contributed by atoms with E-state index in [9.17, 15) is 18.0 Å². The van der Waals surface area contributed by atoms with E-state index in [0.29, 0.717) is 28.1 Å². The second-order valence-electron chi connectivity index (χ2n) is 6.18. The summed E-state index contributed by atoms with van der Waals surface area (Å²) in [6, 6.07) is 10.1. The Kier molecular flexibility index (Phi) is 4.14. The van der Waals surface area contributed by atoms with Crippen molar-refractivity contribution in [2.75, 3.05) is 5.32 Å². The van der Waals surface area contributed by atoms with Crippen molar-refractivity contribution >= 4 is 22.6 Å². The Balaban J connectivity index is 1.68. The van der Waals surface area contributed by atoms with E-state index in [2.05, 4.69) is 20.4 Å². The Labute approximate surface area is 157 Å². The van der Waals surface area contributed by atoms with Gasteiger partial charge in [0, 0.05) is 24.5 Å². The molecule has 0 spiro atoms. The average Bonchev–Trinajstić information content (AvgIpc) is 3.26. The summed E-state index contributed by atoms with van der Waals surface area (Å²) in [5.74, 6) is -0.365. The van der Waals surface area contributed by atoms with Crippen LogP contribution in [0, 0.1) is 0 Å². The number of alkyl halides is 3. The maximum absolute atomic E-state index is 13.3. The number of pyridine rings is 1. The van der Waals surface area contributed by atoms with Crippen LogP contribution in [-0.2, 0) is 13.2 Å². The molecule has 0 unspecified atom stereocenters. The summed E-state index contributed by atoms with van der Waals surface area (Å²) >= 11 is 0. The minimum absolute atomic E-state index is 0.0356. The average molecular weight is 385 g/mol. The van der Waals surface area contributed by atoms with E-state index in [0.717, 1.165) is 6.07 Å². The van der Waals surface area contributed by atoms with E-state index in [1.165, 1.54) is 29.2 Å². The molecule has 0 atom stereocenters. The van der Waals surface area contributed by atoms with Gasteiger partial charge in [0.05, 0.1) is 28.5 Å². The number of aromatic nitrogens is 4. The monoisotopic (exact) mass is 385 g/mol. The molecule has 3 aromatic heterocycles. The van der Waals surface area contributed by atoms with Gasteiger partial charge in [-0.25, -0.2) is 0 Å². The molecule has 0 saturated carbocycles. The van der Waals surface area contributed by atoms with Crippen molar-refractivity contribution in [2.45, 2.75) is 6.18 Å². The van der Waals surface area contributed by atoms with Gasteiger partial charge in [0.25, 0.3) is 5.91 Å². The van der Waals surface area contributed by atoms with Gasteiger partial charge in [0.15, 0.2) is 0 Å². The Morgan fingerprint density at radius 1 is 1.18 bits per heavy atom. The number of nitrogens with zero attached hydrogens (tertiary/aromatic N) is 3. The van der Waals surface area contributed by atoms with E-state index in [1.54, 1.807) is 31.3 Å². The van der Waals surface area contributed by atoms with Crippen LogP contribution in [0.15, 0.2) is 54.9 Å². The SMILES string of the molecule is Cn1nccc1C(=O)Nc1cnc2cc(-c3ccccc3C(F)(F)F)[nH]c2c1. The highest BCUT2D eigenvalue weighted by Crippen LogP contribution is 2.37. The van der Waals surface area contributed by atoms with Crippen LogP contribution in [0.5, 0.6) is 0 Å². The van der Waals surface area contributed by atoms with Gasteiger partial charge < -0.3 is 10.3 Å². The highest BCUT2D eigenvalue weighted by molar-refractivity contribution is 6.03. The largest absolute Gasteiger partial charge is 0.417 e. The highest BCUT2D eigenvalue weighted by atomic mass is 19.4. The standard InChI is InChI=1S/C19H14F3N5O/c1-27-17(6-7-24-27)18(28)25-11-8-16-15(23-10-11)9-14(26-16)12-4-2-3-5-13(12)19(20,21)22/h2-10,26H,1H3,(H,25,28). The lowest BCUT2D eigenvalue weighted by Gasteiger charge is -2.11. The highest BCUT2D eigenvalue weighted by Gasteiger charge is 2.33. The first-order valence-electron chi connectivity index (χ1n) is 8.27. The molecule has 1 amide bonds. The summed E-state index contributed by atoms with van der Waals surface area (Å²) in [6.07, 6.45) is -1.51. The molecule has 28 heavy (non-hydrogen) atoms. The van der Waals surface area contributed by atoms with E-state index in [-0.39, 0.29) is 11.5 Å². The predicted molar refractivity (Wildman–Crippen MR) is 97.7 cm³/mol. The van der Waals surface area contributed by atoms with Crippen LogP contribution in [0.4, 0.5) is 18.9 Å². The van der Waals surface area contributed by atoms with Crippen LogP contribution in [0.2, 0.25) is 0 Å². The number of H-pyrrole nitrogens is 1. The number of nitrogens with one attached hydrogen (secondary N) is 2. The normalized spacial score (nSPS) is 11.7. The second-order valence-corrected chi connectivity index (χ2v) is 6.18. The molecular weight excluding hydrogens is 371 g/mol. The van der Waals surface area contributed by atoms with Crippen molar-refractivity contribution in [3.8, 4) is 11.3 Å². The fourth-order valence-electron chi connectivity index (χ4n) is 2.98. The quantitative estimate of drug-likeness (QED) is 0.554. The van der Waals surface area contributed by atoms with E-state index in [4.69, 9.17) is 0 Å². The molecule has 0 aliphatic heterocycles. The molecule has 142 valence electrons. The molecule has 0 fully saturated rings. The van der Waals surface area contributed by atoms with Crippen LogP contribution in [0.3, 0.4) is 0 Å². The van der Waals surface area contributed by atoms with Gasteiger partial charge in [-0.3, -0.25) is 14.5 Å². The summed E-state index contributed by atoms with van der Waals surface area (Å²) < 4.78 is 41.3. The molecular formula is C19H14F3N5O. The number of carbonyl (C=O) groups excluding carboxylic acids is 1. The van der Waals surface area contributed by atoms with E-state index < -0.39 is 11.7 Å². The number of carbonyl (C=O) groups is 1. The summed E-state index contributed by atoms with van der Waals surface area (Å²) in [6.45, 7) is 0. The topological polar surface area (TPSA) is 75.6 Å². The zero-order chi connectivity index (χ0) is 19.9. The zero-order valence-electron chi connectivity index (χ0n) is 14.6. The second kappa shape index (κ2) is 6.52. The first kappa shape index (κ1) is 17.8. The molecule has 1 aromatic carbocycles. The minimum Gasteiger partial charge on any atom is -0.353 e. The number of hydrogen-bond acceptors (Lipinski definition) is 3. The summed E-state index contributed by atoms with van der Waals surface area (Å²) in [5.41, 5.74) is 1.38. The predicted octanol–water partition coefficient (Wildman–Crippen LogP) is 4.23. The third-order valence-electron chi connectivity index (χ3n) is 4.30. The Hall–Kier alpha value is -3.62. The lowest BCUT2D eigenvalue weighted by atomic mass is 10.0. The van der Waals surface area contributed by atoms with Crippen LogP contribution in [0.25, 0.3) is 22.3 Å².